The first-order valence-corrected chi connectivity index (χ1v) is 9.99. The second kappa shape index (κ2) is 9.16. The molecule has 0 atom stereocenters. The Morgan fingerprint density at radius 1 is 1.22 bits per heavy atom. The number of piperazine rings is 1. The molecule has 3 rings (SSSR count). The molecular weight excluding hydrogens is 364 g/mol. The number of aryl methyl sites for hydroxylation is 1. The molecule has 27 heavy (non-hydrogen) atoms. The highest BCUT2D eigenvalue weighted by Gasteiger charge is 2.17. The van der Waals surface area contributed by atoms with E-state index in [-0.39, 0.29) is 17.6 Å². The zero-order valence-electron chi connectivity index (χ0n) is 15.8. The van der Waals surface area contributed by atoms with Crippen LogP contribution in [0, 0.1) is 6.92 Å². The first-order chi connectivity index (χ1) is 13.0. The number of hydrogen-bond donors (Lipinski definition) is 2. The Balaban J connectivity index is 1.44. The number of carbonyl (C=O) groups is 2. The summed E-state index contributed by atoms with van der Waals surface area (Å²) in [6, 6.07) is 5.07. The number of furan rings is 1. The topological polar surface area (TPSA) is 77.8 Å². The van der Waals surface area contributed by atoms with Crippen LogP contribution < -0.4 is 10.6 Å². The first kappa shape index (κ1) is 19.6. The lowest BCUT2D eigenvalue weighted by atomic mass is 10.2. The van der Waals surface area contributed by atoms with Crippen molar-refractivity contribution in [3.05, 3.63) is 40.7 Å². The molecule has 1 fully saturated rings. The third kappa shape index (κ3) is 5.41. The summed E-state index contributed by atoms with van der Waals surface area (Å²) >= 11 is 1.28. The monoisotopic (exact) mass is 390 g/mol. The second-order valence-electron chi connectivity index (χ2n) is 6.81. The SMILES string of the molecule is Cc1cc(NC(=O)c2ccco2)sc1C(=O)NCCCN1CCN(C)CC1. The van der Waals surface area contributed by atoms with Crippen LogP contribution in [-0.2, 0) is 0 Å². The number of thiophene rings is 1. The van der Waals surface area contributed by atoms with Gasteiger partial charge in [-0.25, -0.2) is 0 Å². The predicted octanol–water partition coefficient (Wildman–Crippen LogP) is 2.27. The van der Waals surface area contributed by atoms with E-state index in [1.54, 1.807) is 12.1 Å². The Morgan fingerprint density at radius 2 is 2.00 bits per heavy atom. The Kier molecular flexibility index (Phi) is 6.65. The van der Waals surface area contributed by atoms with Crippen molar-refractivity contribution in [2.45, 2.75) is 13.3 Å². The van der Waals surface area contributed by atoms with Crippen molar-refractivity contribution in [1.82, 2.24) is 15.1 Å². The van der Waals surface area contributed by atoms with Crippen LogP contribution in [0.2, 0.25) is 0 Å². The molecule has 0 radical (unpaired) electrons. The van der Waals surface area contributed by atoms with Crippen LogP contribution in [0.15, 0.2) is 28.9 Å². The molecule has 8 heteroatoms. The molecule has 2 aromatic heterocycles. The van der Waals surface area contributed by atoms with E-state index in [1.165, 1.54) is 17.6 Å². The van der Waals surface area contributed by atoms with Gasteiger partial charge in [0, 0.05) is 32.7 Å². The van der Waals surface area contributed by atoms with Gasteiger partial charge in [-0.05, 0) is 50.7 Å². The minimum Gasteiger partial charge on any atom is -0.459 e. The highest BCUT2D eigenvalue weighted by molar-refractivity contribution is 7.18. The van der Waals surface area contributed by atoms with Gasteiger partial charge in [0.2, 0.25) is 0 Å². The van der Waals surface area contributed by atoms with Crippen LogP contribution in [0.5, 0.6) is 0 Å². The zero-order valence-corrected chi connectivity index (χ0v) is 16.6. The number of carbonyl (C=O) groups excluding carboxylic acids is 2. The summed E-state index contributed by atoms with van der Waals surface area (Å²) in [6.45, 7) is 7.91. The minimum absolute atomic E-state index is 0.0885. The maximum Gasteiger partial charge on any atom is 0.291 e. The van der Waals surface area contributed by atoms with Crippen molar-refractivity contribution >= 4 is 28.2 Å². The number of nitrogens with zero attached hydrogens (tertiary/aromatic N) is 2. The normalized spacial score (nSPS) is 15.6. The average molecular weight is 391 g/mol. The smallest absolute Gasteiger partial charge is 0.291 e. The summed E-state index contributed by atoms with van der Waals surface area (Å²) in [7, 11) is 2.15. The van der Waals surface area contributed by atoms with Crippen molar-refractivity contribution in [2.24, 2.45) is 0 Å². The summed E-state index contributed by atoms with van der Waals surface area (Å²) in [6.07, 6.45) is 2.39. The van der Waals surface area contributed by atoms with Crippen molar-refractivity contribution in [1.29, 1.82) is 0 Å². The van der Waals surface area contributed by atoms with Gasteiger partial charge in [-0.2, -0.15) is 0 Å². The van der Waals surface area contributed by atoms with Crippen molar-refractivity contribution in [2.75, 3.05) is 51.6 Å². The summed E-state index contributed by atoms with van der Waals surface area (Å²) in [4.78, 5) is 29.9. The van der Waals surface area contributed by atoms with E-state index in [0.29, 0.717) is 16.4 Å². The fourth-order valence-electron chi connectivity index (χ4n) is 3.01. The molecule has 2 amide bonds. The van der Waals surface area contributed by atoms with Gasteiger partial charge in [0.15, 0.2) is 5.76 Å². The fraction of sp³-hybridized carbons (Fsp3) is 0.474. The van der Waals surface area contributed by atoms with Crippen LogP contribution in [-0.4, -0.2) is 67.9 Å². The third-order valence-electron chi connectivity index (χ3n) is 4.64. The zero-order chi connectivity index (χ0) is 19.2. The van der Waals surface area contributed by atoms with Gasteiger partial charge in [0.05, 0.1) is 16.1 Å². The van der Waals surface area contributed by atoms with E-state index in [0.717, 1.165) is 44.7 Å². The molecule has 2 aromatic rings. The maximum absolute atomic E-state index is 12.4. The largest absolute Gasteiger partial charge is 0.459 e. The minimum atomic E-state index is -0.319. The molecule has 146 valence electrons. The lowest BCUT2D eigenvalue weighted by Gasteiger charge is -2.32. The summed E-state index contributed by atoms with van der Waals surface area (Å²) in [5, 5.41) is 6.39. The summed E-state index contributed by atoms with van der Waals surface area (Å²) in [5.74, 6) is -0.161. The van der Waals surface area contributed by atoms with Gasteiger partial charge in [-0.15, -0.1) is 11.3 Å². The van der Waals surface area contributed by atoms with Gasteiger partial charge in [0.1, 0.15) is 0 Å². The van der Waals surface area contributed by atoms with E-state index in [4.69, 9.17) is 4.42 Å². The molecule has 0 aliphatic carbocycles. The second-order valence-corrected chi connectivity index (χ2v) is 7.86. The number of rotatable bonds is 7. The molecule has 1 aliphatic rings. The Morgan fingerprint density at radius 3 is 2.70 bits per heavy atom. The molecule has 0 unspecified atom stereocenters. The van der Waals surface area contributed by atoms with Crippen LogP contribution in [0.3, 0.4) is 0 Å². The number of likely N-dealkylation sites (N-methyl/N-ethyl adjacent to an activating group) is 1. The average Bonchev–Trinajstić information content (AvgIpc) is 3.30. The van der Waals surface area contributed by atoms with E-state index in [2.05, 4.69) is 27.5 Å². The molecule has 0 spiro atoms. The van der Waals surface area contributed by atoms with Gasteiger partial charge >= 0.3 is 0 Å². The lowest BCUT2D eigenvalue weighted by Crippen LogP contribution is -2.45. The van der Waals surface area contributed by atoms with Crippen LogP contribution in [0.25, 0.3) is 0 Å². The van der Waals surface area contributed by atoms with Crippen LogP contribution >= 0.6 is 11.3 Å². The Labute approximate surface area is 163 Å². The van der Waals surface area contributed by atoms with E-state index >= 15 is 0 Å². The molecule has 1 saturated heterocycles. The predicted molar refractivity (Wildman–Crippen MR) is 107 cm³/mol. The fourth-order valence-corrected chi connectivity index (χ4v) is 3.99. The molecule has 7 nitrogen and oxygen atoms in total. The lowest BCUT2D eigenvalue weighted by molar-refractivity contribution is 0.0951. The van der Waals surface area contributed by atoms with Crippen molar-refractivity contribution in [3.8, 4) is 0 Å². The summed E-state index contributed by atoms with van der Waals surface area (Å²) in [5.41, 5.74) is 0.853. The molecule has 0 saturated carbocycles. The molecule has 3 heterocycles. The number of amides is 2. The van der Waals surface area contributed by atoms with Crippen molar-refractivity contribution < 1.29 is 14.0 Å². The van der Waals surface area contributed by atoms with Crippen LogP contribution in [0.4, 0.5) is 5.00 Å². The summed E-state index contributed by atoms with van der Waals surface area (Å²) < 4.78 is 5.08. The van der Waals surface area contributed by atoms with Crippen LogP contribution in [0.1, 0.15) is 32.2 Å². The van der Waals surface area contributed by atoms with Gasteiger partial charge in [-0.1, -0.05) is 0 Å². The molecule has 0 aromatic carbocycles. The standard InChI is InChI=1S/C19H26N4O3S/c1-14-13-16(21-18(24)15-5-3-12-26-15)27-17(14)19(25)20-6-4-7-23-10-8-22(2)9-11-23/h3,5,12-13H,4,6-11H2,1-2H3,(H,20,25)(H,21,24). The molecule has 1 aliphatic heterocycles. The van der Waals surface area contributed by atoms with Crippen molar-refractivity contribution in [3.63, 3.8) is 0 Å². The number of nitrogens with one attached hydrogen (secondary N) is 2. The van der Waals surface area contributed by atoms with Gasteiger partial charge in [-0.3, -0.25) is 9.59 Å². The molecular formula is C19H26N4O3S. The highest BCUT2D eigenvalue weighted by atomic mass is 32.1. The van der Waals surface area contributed by atoms with E-state index in [1.807, 2.05) is 13.0 Å². The number of hydrogen-bond acceptors (Lipinski definition) is 6. The maximum atomic E-state index is 12.4. The Bertz CT molecular complexity index is 764. The first-order valence-electron chi connectivity index (χ1n) is 9.17. The van der Waals surface area contributed by atoms with Gasteiger partial charge in [0.25, 0.3) is 11.8 Å². The van der Waals surface area contributed by atoms with E-state index < -0.39 is 0 Å². The van der Waals surface area contributed by atoms with Gasteiger partial charge < -0.3 is 24.9 Å². The number of anilines is 1. The quantitative estimate of drug-likeness (QED) is 0.709. The highest BCUT2D eigenvalue weighted by Crippen LogP contribution is 2.27. The molecule has 0 bridgehead atoms. The third-order valence-corrected chi connectivity index (χ3v) is 5.79. The molecule has 2 N–H and O–H groups in total. The van der Waals surface area contributed by atoms with E-state index in [9.17, 15) is 9.59 Å². The Hall–Kier alpha value is -2.16.